The minimum atomic E-state index is -0.833. The van der Waals surface area contributed by atoms with Crippen molar-refractivity contribution in [2.24, 2.45) is 0 Å². The zero-order valence-corrected chi connectivity index (χ0v) is 10.8. The van der Waals surface area contributed by atoms with E-state index in [1.54, 1.807) is 48.5 Å². The summed E-state index contributed by atoms with van der Waals surface area (Å²) in [5, 5.41) is 7.42. The molecule has 2 aromatic carbocycles. The molecule has 1 N–H and O–H groups in total. The first-order valence-corrected chi connectivity index (χ1v) is 5.99. The molecule has 0 spiro atoms. The van der Waals surface area contributed by atoms with E-state index in [1.165, 1.54) is 0 Å². The second kappa shape index (κ2) is 5.87. The van der Waals surface area contributed by atoms with E-state index >= 15 is 0 Å². The molecule has 5 heteroatoms. The summed E-state index contributed by atoms with van der Waals surface area (Å²) < 4.78 is -0.833. The SMILES string of the molecule is O=C1c2ccccc2C(=O)c2ccccc21.[Li][C](=O)O. The molecule has 0 unspecified atom stereocenters. The first-order chi connectivity index (χ1) is 9.52. The van der Waals surface area contributed by atoms with E-state index in [-0.39, 0.29) is 11.6 Å². The molecule has 0 amide bonds. The summed E-state index contributed by atoms with van der Waals surface area (Å²) in [6.07, 6.45) is 0. The number of fused-ring (bicyclic) bond motifs is 2. The van der Waals surface area contributed by atoms with E-state index < -0.39 is 4.64 Å². The van der Waals surface area contributed by atoms with Gasteiger partial charge in [-0.15, -0.1) is 0 Å². The van der Waals surface area contributed by atoms with Crippen LogP contribution >= 0.6 is 0 Å². The second-order valence-electron chi connectivity index (χ2n) is 4.27. The Morgan fingerprint density at radius 1 is 0.750 bits per heavy atom. The van der Waals surface area contributed by atoms with Crippen molar-refractivity contribution in [1.82, 2.24) is 0 Å². The topological polar surface area (TPSA) is 71.4 Å². The molecule has 0 saturated heterocycles. The van der Waals surface area contributed by atoms with Gasteiger partial charge in [-0.05, 0) is 0 Å². The standard InChI is InChI=1S/C14H8O2.CHO2.Li/c15-13-9-5-1-2-6-10(9)14(16)12-8-4-3-7-11(12)13;2-1-3;/h1-8H;(H,2,3);. The molecule has 4 nitrogen and oxygen atoms in total. The van der Waals surface area contributed by atoms with E-state index in [0.717, 1.165) is 17.7 Å². The fraction of sp³-hybridized carbons (Fsp3) is 0. The number of ketones is 2. The average Bonchev–Trinajstić information content (AvgIpc) is 2.44. The van der Waals surface area contributed by atoms with Gasteiger partial charge in [0.05, 0.1) is 0 Å². The molecular formula is C15H9LiO4. The van der Waals surface area contributed by atoms with Gasteiger partial charge < -0.3 is 0 Å². The third kappa shape index (κ3) is 2.72. The van der Waals surface area contributed by atoms with Crippen LogP contribution in [0.1, 0.15) is 31.8 Å². The predicted molar refractivity (Wildman–Crippen MR) is 73.5 cm³/mol. The number of hydrogen-bond acceptors (Lipinski definition) is 3. The Balaban J connectivity index is 0.000000328. The van der Waals surface area contributed by atoms with Crippen LogP contribution in [0.3, 0.4) is 0 Å². The summed E-state index contributed by atoms with van der Waals surface area (Å²) in [6.45, 7) is 0. The maximum atomic E-state index is 12.1. The molecule has 1 aliphatic rings. The Kier molecular flexibility index (Phi) is 4.19. The molecule has 0 aliphatic heterocycles. The van der Waals surface area contributed by atoms with Gasteiger partial charge in [-0.1, -0.05) is 48.5 Å². The van der Waals surface area contributed by atoms with E-state index in [9.17, 15) is 9.59 Å². The van der Waals surface area contributed by atoms with Gasteiger partial charge in [-0.2, -0.15) is 0 Å². The van der Waals surface area contributed by atoms with Gasteiger partial charge in [0.2, 0.25) is 0 Å². The quantitative estimate of drug-likeness (QED) is 0.629. The van der Waals surface area contributed by atoms with Crippen LogP contribution < -0.4 is 0 Å². The van der Waals surface area contributed by atoms with Gasteiger partial charge in [0.1, 0.15) is 0 Å². The van der Waals surface area contributed by atoms with Gasteiger partial charge in [-0.25, -0.2) is 0 Å². The summed E-state index contributed by atoms with van der Waals surface area (Å²) in [5.74, 6) is -0.128. The van der Waals surface area contributed by atoms with E-state index in [2.05, 4.69) is 0 Å². The van der Waals surface area contributed by atoms with Gasteiger partial charge in [-0.3, -0.25) is 9.59 Å². The number of carbonyl (C=O) groups excluding carboxylic acids is 2. The van der Waals surface area contributed by atoms with Crippen molar-refractivity contribution in [3.8, 4) is 0 Å². The van der Waals surface area contributed by atoms with Crippen LogP contribution in [0, 0.1) is 0 Å². The molecule has 0 heterocycles. The van der Waals surface area contributed by atoms with Crippen LogP contribution in [0.5, 0.6) is 0 Å². The minimum absolute atomic E-state index is 0.0641. The first-order valence-electron chi connectivity index (χ1n) is 5.99. The molecule has 0 bridgehead atoms. The number of rotatable bonds is 0. The van der Waals surface area contributed by atoms with E-state index in [1.807, 2.05) is 0 Å². The molecule has 3 rings (SSSR count). The van der Waals surface area contributed by atoms with Crippen molar-refractivity contribution in [1.29, 1.82) is 0 Å². The summed E-state index contributed by atoms with van der Waals surface area (Å²) >= 11 is 1.08. The fourth-order valence-corrected chi connectivity index (χ4v) is 2.05. The van der Waals surface area contributed by atoms with Crippen LogP contribution in [0.2, 0.25) is 0 Å². The van der Waals surface area contributed by atoms with Crippen LogP contribution in [-0.4, -0.2) is 39.0 Å². The molecule has 20 heavy (non-hydrogen) atoms. The Bertz CT molecular complexity index is 597. The van der Waals surface area contributed by atoms with Crippen molar-refractivity contribution in [2.45, 2.75) is 0 Å². The van der Waals surface area contributed by atoms with Crippen LogP contribution in [0.15, 0.2) is 48.5 Å². The third-order valence-electron chi connectivity index (χ3n) is 2.83. The summed E-state index contributed by atoms with van der Waals surface area (Å²) in [6, 6.07) is 13.9. The molecular weight excluding hydrogens is 251 g/mol. The normalized spacial score (nSPS) is 11.9. The molecule has 0 saturated carbocycles. The zero-order valence-electron chi connectivity index (χ0n) is 10.8. The molecule has 1 aliphatic carbocycles. The predicted octanol–water partition coefficient (Wildman–Crippen LogP) is 2.29. The molecule has 2 aromatic rings. The van der Waals surface area contributed by atoms with Crippen molar-refractivity contribution >= 4 is 33.9 Å². The van der Waals surface area contributed by atoms with Crippen LogP contribution in [-0.2, 0) is 0 Å². The summed E-state index contributed by atoms with van der Waals surface area (Å²) in [7, 11) is 0. The molecule has 0 radical (unpaired) electrons. The summed E-state index contributed by atoms with van der Waals surface area (Å²) in [5.41, 5.74) is 2.02. The van der Waals surface area contributed by atoms with Crippen molar-refractivity contribution in [2.75, 3.05) is 0 Å². The van der Waals surface area contributed by atoms with Gasteiger partial charge in [0.25, 0.3) is 0 Å². The van der Waals surface area contributed by atoms with Gasteiger partial charge in [0.15, 0.2) is 11.6 Å². The monoisotopic (exact) mass is 260 g/mol. The number of benzene rings is 2. The molecule has 0 aromatic heterocycles. The number of hydrogen-bond donors (Lipinski definition) is 1. The van der Waals surface area contributed by atoms with Gasteiger partial charge in [0, 0.05) is 22.3 Å². The van der Waals surface area contributed by atoms with Crippen molar-refractivity contribution in [3.63, 3.8) is 0 Å². The Morgan fingerprint density at radius 2 is 0.950 bits per heavy atom. The summed E-state index contributed by atoms with van der Waals surface area (Å²) in [4.78, 5) is 33.2. The fourth-order valence-electron chi connectivity index (χ4n) is 2.05. The molecule has 94 valence electrons. The van der Waals surface area contributed by atoms with Crippen LogP contribution in [0.4, 0.5) is 4.79 Å². The first kappa shape index (κ1) is 14.3. The Hall–Kier alpha value is -2.15. The number of carbonyl (C=O) groups is 3. The van der Waals surface area contributed by atoms with E-state index in [4.69, 9.17) is 9.90 Å². The molecule has 0 fully saturated rings. The zero-order chi connectivity index (χ0) is 14.7. The van der Waals surface area contributed by atoms with Crippen molar-refractivity contribution < 1.29 is 19.5 Å². The maximum absolute atomic E-state index is 12.1. The number of carboxylic acid groups (broad SMARTS) is 1. The van der Waals surface area contributed by atoms with Gasteiger partial charge >= 0.3 is 32.3 Å². The Morgan fingerprint density at radius 3 is 1.15 bits per heavy atom. The third-order valence-corrected chi connectivity index (χ3v) is 2.83. The van der Waals surface area contributed by atoms with Crippen molar-refractivity contribution in [3.05, 3.63) is 70.8 Å². The van der Waals surface area contributed by atoms with Crippen LogP contribution in [0.25, 0.3) is 0 Å². The molecule has 0 atom stereocenters. The average molecular weight is 260 g/mol. The Labute approximate surface area is 124 Å². The second-order valence-corrected chi connectivity index (χ2v) is 4.27. The van der Waals surface area contributed by atoms with E-state index in [0.29, 0.717) is 22.3 Å².